The first kappa shape index (κ1) is 15.8. The monoisotopic (exact) mass is 324 g/mol. The number of nitrogens with zero attached hydrogens (tertiary/aromatic N) is 5. The average Bonchev–Trinajstić information content (AvgIpc) is 2.61. The van der Waals surface area contributed by atoms with Gasteiger partial charge in [-0.2, -0.15) is 10.1 Å². The van der Waals surface area contributed by atoms with Crippen LogP contribution in [0.15, 0.2) is 55.0 Å². The molecular formula is C17H17FN6. The highest BCUT2D eigenvalue weighted by atomic mass is 19.1. The molecule has 3 rings (SSSR count). The van der Waals surface area contributed by atoms with E-state index >= 15 is 0 Å². The molecule has 3 aromatic rings. The molecule has 1 N–H and O–H groups in total. The highest BCUT2D eigenvalue weighted by Crippen LogP contribution is 2.16. The average molecular weight is 324 g/mol. The molecule has 0 aliphatic carbocycles. The molecule has 0 bridgehead atoms. The van der Waals surface area contributed by atoms with E-state index in [1.165, 1.54) is 17.7 Å². The molecule has 1 aromatic carbocycles. The summed E-state index contributed by atoms with van der Waals surface area (Å²) < 4.78 is 13.2. The molecule has 0 saturated heterocycles. The predicted molar refractivity (Wildman–Crippen MR) is 90.7 cm³/mol. The van der Waals surface area contributed by atoms with Crippen molar-refractivity contribution in [1.29, 1.82) is 0 Å². The Kier molecular flexibility index (Phi) is 4.90. The maximum absolute atomic E-state index is 13.2. The van der Waals surface area contributed by atoms with Gasteiger partial charge in [-0.1, -0.05) is 6.07 Å². The number of nitrogens with one attached hydrogen (secondary N) is 1. The Labute approximate surface area is 139 Å². The summed E-state index contributed by atoms with van der Waals surface area (Å²) in [6, 6.07) is 10.1. The zero-order chi connectivity index (χ0) is 16.8. The van der Waals surface area contributed by atoms with Crippen molar-refractivity contribution in [3.05, 3.63) is 66.4 Å². The molecular weight excluding hydrogens is 307 g/mol. The second-order valence-electron chi connectivity index (χ2n) is 5.30. The molecule has 2 aromatic heterocycles. The Balaban J connectivity index is 1.66. The SMILES string of the molecule is CN(CCc1ccncc1)c1cnnc(Nc2cccc(F)c2)n1. The fourth-order valence-corrected chi connectivity index (χ4v) is 2.19. The lowest BCUT2D eigenvalue weighted by molar-refractivity contribution is 0.628. The van der Waals surface area contributed by atoms with E-state index in [1.807, 2.05) is 24.1 Å². The van der Waals surface area contributed by atoms with Gasteiger partial charge in [0.05, 0.1) is 6.20 Å². The zero-order valence-electron chi connectivity index (χ0n) is 13.2. The summed E-state index contributed by atoms with van der Waals surface area (Å²) in [6.45, 7) is 0.780. The molecule has 7 heteroatoms. The van der Waals surface area contributed by atoms with Crippen molar-refractivity contribution in [1.82, 2.24) is 20.2 Å². The fraction of sp³-hybridized carbons (Fsp3) is 0.176. The lowest BCUT2D eigenvalue weighted by Gasteiger charge is -2.18. The lowest BCUT2D eigenvalue weighted by Crippen LogP contribution is -2.22. The highest BCUT2D eigenvalue weighted by Gasteiger charge is 2.07. The van der Waals surface area contributed by atoms with Gasteiger partial charge in [0.2, 0.25) is 5.95 Å². The molecule has 0 atom stereocenters. The van der Waals surface area contributed by atoms with Crippen molar-refractivity contribution in [2.24, 2.45) is 0 Å². The second-order valence-corrected chi connectivity index (χ2v) is 5.30. The van der Waals surface area contributed by atoms with Crippen LogP contribution >= 0.6 is 0 Å². The molecule has 0 saturated carbocycles. The highest BCUT2D eigenvalue weighted by molar-refractivity contribution is 5.54. The van der Waals surface area contributed by atoms with E-state index in [1.54, 1.807) is 30.7 Å². The van der Waals surface area contributed by atoms with Crippen molar-refractivity contribution in [2.75, 3.05) is 23.8 Å². The topological polar surface area (TPSA) is 66.8 Å². The van der Waals surface area contributed by atoms with Crippen LogP contribution in [0, 0.1) is 5.82 Å². The third kappa shape index (κ3) is 4.22. The van der Waals surface area contributed by atoms with E-state index in [0.29, 0.717) is 17.5 Å². The number of benzene rings is 1. The molecule has 0 aliphatic rings. The van der Waals surface area contributed by atoms with Crippen LogP contribution in [0.4, 0.5) is 21.8 Å². The summed E-state index contributed by atoms with van der Waals surface area (Å²) in [6.07, 6.45) is 6.03. The van der Waals surface area contributed by atoms with Gasteiger partial charge < -0.3 is 10.2 Å². The normalized spacial score (nSPS) is 10.4. The summed E-state index contributed by atoms with van der Waals surface area (Å²) in [5, 5.41) is 10.8. The van der Waals surface area contributed by atoms with Crippen molar-refractivity contribution >= 4 is 17.5 Å². The molecule has 0 aliphatic heterocycles. The van der Waals surface area contributed by atoms with Crippen LogP contribution in [0.1, 0.15) is 5.56 Å². The zero-order valence-corrected chi connectivity index (χ0v) is 13.2. The Morgan fingerprint density at radius 2 is 2.00 bits per heavy atom. The standard InChI is InChI=1S/C17H17FN6/c1-24(10-7-13-5-8-19-9-6-13)16-12-20-23-17(22-16)21-15-4-2-3-14(18)11-15/h2-6,8-9,11-12H,7,10H2,1H3,(H,21,22,23). The van der Waals surface area contributed by atoms with E-state index in [0.717, 1.165) is 13.0 Å². The molecule has 2 heterocycles. The van der Waals surface area contributed by atoms with Crippen LogP contribution < -0.4 is 10.2 Å². The van der Waals surface area contributed by atoms with Gasteiger partial charge in [-0.3, -0.25) is 4.98 Å². The van der Waals surface area contributed by atoms with Gasteiger partial charge in [-0.25, -0.2) is 4.39 Å². The molecule has 6 nitrogen and oxygen atoms in total. The lowest BCUT2D eigenvalue weighted by atomic mass is 10.2. The first-order chi connectivity index (χ1) is 11.7. The number of hydrogen-bond acceptors (Lipinski definition) is 6. The van der Waals surface area contributed by atoms with Crippen LogP contribution in [0.2, 0.25) is 0 Å². The van der Waals surface area contributed by atoms with Crippen LogP contribution in [0.3, 0.4) is 0 Å². The Morgan fingerprint density at radius 1 is 1.17 bits per heavy atom. The van der Waals surface area contributed by atoms with Crippen molar-refractivity contribution in [3.8, 4) is 0 Å². The molecule has 0 radical (unpaired) electrons. The summed E-state index contributed by atoms with van der Waals surface area (Å²) in [4.78, 5) is 10.4. The summed E-state index contributed by atoms with van der Waals surface area (Å²) >= 11 is 0. The number of hydrogen-bond donors (Lipinski definition) is 1. The minimum absolute atomic E-state index is 0.321. The van der Waals surface area contributed by atoms with E-state index in [2.05, 4.69) is 25.5 Å². The molecule has 122 valence electrons. The van der Waals surface area contributed by atoms with E-state index in [4.69, 9.17) is 0 Å². The Hall–Kier alpha value is -3.09. The first-order valence-electron chi connectivity index (χ1n) is 7.53. The largest absolute Gasteiger partial charge is 0.358 e. The van der Waals surface area contributed by atoms with Gasteiger partial charge >= 0.3 is 0 Å². The van der Waals surface area contributed by atoms with E-state index in [9.17, 15) is 4.39 Å². The summed E-state index contributed by atoms with van der Waals surface area (Å²) in [5.74, 6) is 0.699. The van der Waals surface area contributed by atoms with Crippen molar-refractivity contribution in [3.63, 3.8) is 0 Å². The van der Waals surface area contributed by atoms with Crippen LogP contribution in [-0.2, 0) is 6.42 Å². The maximum atomic E-state index is 13.2. The van der Waals surface area contributed by atoms with Crippen LogP contribution in [0.5, 0.6) is 0 Å². The van der Waals surface area contributed by atoms with Gasteiger partial charge in [-0.15, -0.1) is 5.10 Å². The number of likely N-dealkylation sites (N-methyl/N-ethyl adjacent to an activating group) is 1. The summed E-state index contributed by atoms with van der Waals surface area (Å²) in [7, 11) is 1.94. The molecule has 24 heavy (non-hydrogen) atoms. The number of halogens is 1. The van der Waals surface area contributed by atoms with Crippen LogP contribution in [0.25, 0.3) is 0 Å². The molecule has 0 fully saturated rings. The quantitative estimate of drug-likeness (QED) is 0.752. The van der Waals surface area contributed by atoms with Gasteiger partial charge in [0.1, 0.15) is 5.82 Å². The van der Waals surface area contributed by atoms with Gasteiger partial charge in [-0.05, 0) is 42.3 Å². The minimum atomic E-state index is -0.321. The van der Waals surface area contributed by atoms with Crippen molar-refractivity contribution in [2.45, 2.75) is 6.42 Å². The van der Waals surface area contributed by atoms with E-state index in [-0.39, 0.29) is 5.82 Å². The minimum Gasteiger partial charge on any atom is -0.358 e. The van der Waals surface area contributed by atoms with Gasteiger partial charge in [0.25, 0.3) is 0 Å². The molecule has 0 unspecified atom stereocenters. The fourth-order valence-electron chi connectivity index (χ4n) is 2.19. The predicted octanol–water partition coefficient (Wildman–Crippen LogP) is 2.83. The third-order valence-corrected chi connectivity index (χ3v) is 3.50. The van der Waals surface area contributed by atoms with Crippen LogP contribution in [-0.4, -0.2) is 33.8 Å². The van der Waals surface area contributed by atoms with E-state index < -0.39 is 0 Å². The summed E-state index contributed by atoms with van der Waals surface area (Å²) in [5.41, 5.74) is 1.78. The number of anilines is 3. The molecule has 0 spiro atoms. The van der Waals surface area contributed by atoms with Gasteiger partial charge in [0.15, 0.2) is 5.82 Å². The number of aromatic nitrogens is 4. The maximum Gasteiger partial charge on any atom is 0.249 e. The first-order valence-corrected chi connectivity index (χ1v) is 7.53. The second kappa shape index (κ2) is 7.45. The molecule has 0 amide bonds. The van der Waals surface area contributed by atoms with Gasteiger partial charge in [0, 0.05) is 31.7 Å². The smallest absolute Gasteiger partial charge is 0.249 e. The Bertz CT molecular complexity index is 796. The van der Waals surface area contributed by atoms with Crippen molar-refractivity contribution < 1.29 is 4.39 Å². The number of rotatable bonds is 6. The Morgan fingerprint density at radius 3 is 2.79 bits per heavy atom. The number of pyridine rings is 1. The third-order valence-electron chi connectivity index (χ3n) is 3.50.